The van der Waals surface area contributed by atoms with E-state index in [0.717, 1.165) is 13.2 Å². The highest BCUT2D eigenvalue weighted by Crippen LogP contribution is 2.25. The Balaban J connectivity index is 2.92. The van der Waals surface area contributed by atoms with E-state index < -0.39 is 0 Å². The average Bonchev–Trinajstić information content (AvgIpc) is 2.14. The Morgan fingerprint density at radius 3 is 2.36 bits per heavy atom. The average molecular weight is 192 g/mol. The van der Waals surface area contributed by atoms with E-state index in [2.05, 4.69) is 45.0 Å². The normalized spacial score (nSPS) is 11.7. The molecule has 0 N–H and O–H groups in total. The third kappa shape index (κ3) is 2.85. The maximum absolute atomic E-state index is 5.46. The molecule has 0 saturated carbocycles. The van der Waals surface area contributed by atoms with Crippen LogP contribution in [-0.2, 0) is 16.8 Å². The number of rotatable bonds is 3. The molecule has 1 rings (SSSR count). The van der Waals surface area contributed by atoms with Crippen LogP contribution in [0.25, 0.3) is 0 Å². The predicted octanol–water partition coefficient (Wildman–Crippen LogP) is 3.52. The summed E-state index contributed by atoms with van der Waals surface area (Å²) in [5.41, 5.74) is 2.89. The second-order valence-corrected chi connectivity index (χ2v) is 4.54. The molecule has 0 aliphatic heterocycles. The molecule has 0 unspecified atom stereocenters. The Morgan fingerprint density at radius 2 is 1.79 bits per heavy atom. The first-order chi connectivity index (χ1) is 6.55. The van der Waals surface area contributed by atoms with E-state index in [4.69, 9.17) is 4.74 Å². The molecule has 1 aromatic rings. The summed E-state index contributed by atoms with van der Waals surface area (Å²) in [7, 11) is 0. The molecule has 0 spiro atoms. The first-order valence-corrected chi connectivity index (χ1v) is 5.22. The minimum atomic E-state index is 0.202. The van der Waals surface area contributed by atoms with Crippen molar-refractivity contribution in [2.75, 3.05) is 6.61 Å². The predicted molar refractivity (Wildman–Crippen MR) is 60.5 cm³/mol. The van der Waals surface area contributed by atoms with Crippen molar-refractivity contribution in [2.45, 2.75) is 39.7 Å². The van der Waals surface area contributed by atoms with Gasteiger partial charge in [0.15, 0.2) is 0 Å². The first kappa shape index (κ1) is 11.3. The molecule has 1 heteroatoms. The van der Waals surface area contributed by atoms with Gasteiger partial charge in [0, 0.05) is 6.61 Å². The van der Waals surface area contributed by atoms with Crippen LogP contribution < -0.4 is 0 Å². The second kappa shape index (κ2) is 4.61. The highest BCUT2D eigenvalue weighted by molar-refractivity contribution is 5.32. The van der Waals surface area contributed by atoms with E-state index in [9.17, 15) is 0 Å². The van der Waals surface area contributed by atoms with Crippen molar-refractivity contribution in [1.82, 2.24) is 0 Å². The summed E-state index contributed by atoms with van der Waals surface area (Å²) in [5, 5.41) is 0. The summed E-state index contributed by atoms with van der Waals surface area (Å²) in [6, 6.07) is 8.50. The number of hydrogen-bond donors (Lipinski definition) is 0. The standard InChI is InChI=1S/C13H20O/c1-5-14-10-11-8-6-7-9-12(11)13(2,3)4/h6-9H,5,10H2,1-4H3. The zero-order valence-corrected chi connectivity index (χ0v) is 9.63. The van der Waals surface area contributed by atoms with Crippen LogP contribution in [0, 0.1) is 0 Å². The summed E-state index contributed by atoms with van der Waals surface area (Å²) in [5.74, 6) is 0. The first-order valence-electron chi connectivity index (χ1n) is 5.22. The van der Waals surface area contributed by atoms with Gasteiger partial charge in [0.2, 0.25) is 0 Å². The monoisotopic (exact) mass is 192 g/mol. The third-order valence-corrected chi connectivity index (χ3v) is 2.29. The quantitative estimate of drug-likeness (QED) is 0.712. The molecular formula is C13H20O. The van der Waals surface area contributed by atoms with Crippen LogP contribution in [0.5, 0.6) is 0 Å². The molecule has 0 aliphatic rings. The van der Waals surface area contributed by atoms with Crippen molar-refractivity contribution in [1.29, 1.82) is 0 Å². The SMILES string of the molecule is CCOCc1ccccc1C(C)(C)C. The fourth-order valence-corrected chi connectivity index (χ4v) is 1.59. The number of hydrogen-bond acceptors (Lipinski definition) is 1. The van der Waals surface area contributed by atoms with E-state index >= 15 is 0 Å². The Morgan fingerprint density at radius 1 is 1.14 bits per heavy atom. The van der Waals surface area contributed by atoms with Crippen LogP contribution in [0.15, 0.2) is 24.3 Å². The topological polar surface area (TPSA) is 9.23 Å². The minimum absolute atomic E-state index is 0.202. The Kier molecular flexibility index (Phi) is 3.70. The Labute approximate surface area is 87.1 Å². The van der Waals surface area contributed by atoms with Gasteiger partial charge < -0.3 is 4.74 Å². The summed E-state index contributed by atoms with van der Waals surface area (Å²) in [6.45, 7) is 10.2. The summed E-state index contributed by atoms with van der Waals surface area (Å²) >= 11 is 0. The molecule has 0 radical (unpaired) electrons. The van der Waals surface area contributed by atoms with Crippen LogP contribution in [-0.4, -0.2) is 6.61 Å². The zero-order valence-electron chi connectivity index (χ0n) is 9.63. The van der Waals surface area contributed by atoms with Gasteiger partial charge in [-0.15, -0.1) is 0 Å². The summed E-state index contributed by atoms with van der Waals surface area (Å²) in [4.78, 5) is 0. The lowest BCUT2D eigenvalue weighted by Crippen LogP contribution is -2.14. The molecule has 0 saturated heterocycles. The van der Waals surface area contributed by atoms with Crippen LogP contribution in [0.2, 0.25) is 0 Å². The molecule has 14 heavy (non-hydrogen) atoms. The molecule has 0 fully saturated rings. The van der Waals surface area contributed by atoms with Gasteiger partial charge in [-0.3, -0.25) is 0 Å². The molecule has 1 aromatic carbocycles. The lowest BCUT2D eigenvalue weighted by molar-refractivity contribution is 0.133. The van der Waals surface area contributed by atoms with Crippen molar-refractivity contribution in [3.8, 4) is 0 Å². The van der Waals surface area contributed by atoms with E-state index in [1.54, 1.807) is 0 Å². The maximum atomic E-state index is 5.46. The van der Waals surface area contributed by atoms with Gasteiger partial charge in [-0.25, -0.2) is 0 Å². The Hall–Kier alpha value is -0.820. The van der Waals surface area contributed by atoms with Gasteiger partial charge in [0.25, 0.3) is 0 Å². The molecule has 0 aliphatic carbocycles. The van der Waals surface area contributed by atoms with Gasteiger partial charge >= 0.3 is 0 Å². The second-order valence-electron chi connectivity index (χ2n) is 4.54. The highest BCUT2D eigenvalue weighted by atomic mass is 16.5. The van der Waals surface area contributed by atoms with E-state index in [1.807, 2.05) is 6.92 Å². The number of benzene rings is 1. The van der Waals surface area contributed by atoms with Gasteiger partial charge in [0.05, 0.1) is 6.61 Å². The summed E-state index contributed by atoms with van der Waals surface area (Å²) < 4.78 is 5.46. The van der Waals surface area contributed by atoms with Gasteiger partial charge in [0.1, 0.15) is 0 Å². The maximum Gasteiger partial charge on any atom is 0.0719 e. The molecule has 0 bridgehead atoms. The molecule has 0 atom stereocenters. The van der Waals surface area contributed by atoms with Gasteiger partial charge in [-0.05, 0) is 23.5 Å². The van der Waals surface area contributed by atoms with Crippen molar-refractivity contribution < 1.29 is 4.74 Å². The number of ether oxygens (including phenoxy) is 1. The highest BCUT2D eigenvalue weighted by Gasteiger charge is 2.16. The fourth-order valence-electron chi connectivity index (χ4n) is 1.59. The van der Waals surface area contributed by atoms with Crippen LogP contribution in [0.1, 0.15) is 38.8 Å². The van der Waals surface area contributed by atoms with Gasteiger partial charge in [-0.2, -0.15) is 0 Å². The smallest absolute Gasteiger partial charge is 0.0719 e. The minimum Gasteiger partial charge on any atom is -0.377 e. The van der Waals surface area contributed by atoms with Crippen molar-refractivity contribution in [2.24, 2.45) is 0 Å². The van der Waals surface area contributed by atoms with E-state index in [1.165, 1.54) is 11.1 Å². The molecule has 1 nitrogen and oxygen atoms in total. The molecule has 78 valence electrons. The molecule has 0 heterocycles. The third-order valence-electron chi connectivity index (χ3n) is 2.29. The van der Waals surface area contributed by atoms with Crippen molar-refractivity contribution in [3.05, 3.63) is 35.4 Å². The zero-order chi connectivity index (χ0) is 10.6. The van der Waals surface area contributed by atoms with E-state index in [0.29, 0.717) is 0 Å². The lowest BCUT2D eigenvalue weighted by Gasteiger charge is -2.22. The van der Waals surface area contributed by atoms with Crippen LogP contribution in [0.3, 0.4) is 0 Å². The van der Waals surface area contributed by atoms with Crippen LogP contribution >= 0.6 is 0 Å². The van der Waals surface area contributed by atoms with Crippen LogP contribution in [0.4, 0.5) is 0 Å². The van der Waals surface area contributed by atoms with Crippen molar-refractivity contribution in [3.63, 3.8) is 0 Å². The summed E-state index contributed by atoms with van der Waals surface area (Å²) in [6.07, 6.45) is 0. The van der Waals surface area contributed by atoms with Gasteiger partial charge in [-0.1, -0.05) is 45.0 Å². The molecule has 0 aromatic heterocycles. The Bertz CT molecular complexity index is 284. The molecular weight excluding hydrogens is 172 g/mol. The fraction of sp³-hybridized carbons (Fsp3) is 0.538. The lowest BCUT2D eigenvalue weighted by atomic mass is 9.84. The van der Waals surface area contributed by atoms with Crippen molar-refractivity contribution >= 4 is 0 Å². The molecule has 0 amide bonds. The largest absolute Gasteiger partial charge is 0.377 e. The van der Waals surface area contributed by atoms with E-state index in [-0.39, 0.29) is 5.41 Å².